The predicted octanol–water partition coefficient (Wildman–Crippen LogP) is 4.49. The summed E-state index contributed by atoms with van der Waals surface area (Å²) in [5.41, 5.74) is 0.888. The molecule has 7 nitrogen and oxygen atoms in total. The zero-order valence-electron chi connectivity index (χ0n) is 17.2. The molecule has 0 aliphatic rings. The van der Waals surface area contributed by atoms with Crippen molar-refractivity contribution in [2.75, 3.05) is 6.61 Å². The fourth-order valence-electron chi connectivity index (χ4n) is 2.90. The summed E-state index contributed by atoms with van der Waals surface area (Å²) in [6.45, 7) is 10.8. The van der Waals surface area contributed by atoms with Gasteiger partial charge in [0.25, 0.3) is 0 Å². The zero-order chi connectivity index (χ0) is 21.1. The third-order valence-corrected chi connectivity index (χ3v) is 5.94. The number of fused-ring (bicyclic) bond motifs is 1. The smallest absolute Gasteiger partial charge is 0.350 e. The first-order valence-corrected chi connectivity index (χ1v) is 11.1. The Balaban J connectivity index is 2.67. The van der Waals surface area contributed by atoms with Crippen molar-refractivity contribution in [2.24, 2.45) is 0 Å². The normalized spacial score (nSPS) is 12.1. The molecule has 0 fully saturated rings. The lowest BCUT2D eigenvalue weighted by Gasteiger charge is -2.24. The van der Waals surface area contributed by atoms with Gasteiger partial charge in [0, 0.05) is 11.6 Å². The third kappa shape index (κ3) is 5.31. The number of carbonyl (C=O) groups excluding carboxylic acids is 1. The SMILES string of the molecule is CCOC(=O)c1cn(CP(=O)(OC(C)C)OC(C)C)c2ccc(C)cc2c1=O. The Kier molecular flexibility index (Phi) is 7.21. The van der Waals surface area contributed by atoms with E-state index in [1.165, 1.54) is 6.20 Å². The second-order valence-electron chi connectivity index (χ2n) is 7.14. The number of ether oxygens (including phenoxy) is 1. The highest BCUT2D eigenvalue weighted by molar-refractivity contribution is 7.52. The first kappa shape index (κ1) is 22.3. The van der Waals surface area contributed by atoms with Crippen molar-refractivity contribution in [1.29, 1.82) is 0 Å². The molecule has 0 aliphatic heterocycles. The Bertz CT molecular complexity index is 949. The second-order valence-corrected chi connectivity index (χ2v) is 9.07. The quantitative estimate of drug-likeness (QED) is 0.472. The number of nitrogens with zero attached hydrogens (tertiary/aromatic N) is 1. The molecule has 2 rings (SSSR count). The molecule has 28 heavy (non-hydrogen) atoms. The minimum Gasteiger partial charge on any atom is -0.462 e. The van der Waals surface area contributed by atoms with Crippen molar-refractivity contribution in [2.45, 2.75) is 60.0 Å². The lowest BCUT2D eigenvalue weighted by Crippen LogP contribution is -2.22. The van der Waals surface area contributed by atoms with Gasteiger partial charge in [-0.3, -0.25) is 9.36 Å². The maximum Gasteiger partial charge on any atom is 0.350 e. The van der Waals surface area contributed by atoms with Crippen LogP contribution in [0.4, 0.5) is 0 Å². The molecule has 0 atom stereocenters. The molecule has 1 aromatic heterocycles. The van der Waals surface area contributed by atoms with Gasteiger partial charge >= 0.3 is 13.6 Å². The molecule has 0 saturated heterocycles. The molecule has 0 spiro atoms. The molecule has 0 unspecified atom stereocenters. The van der Waals surface area contributed by atoms with E-state index in [-0.39, 0.29) is 30.7 Å². The first-order chi connectivity index (χ1) is 13.1. The first-order valence-electron chi connectivity index (χ1n) is 9.33. The summed E-state index contributed by atoms with van der Waals surface area (Å²) in [6.07, 6.45) is 0.608. The van der Waals surface area contributed by atoms with Crippen LogP contribution in [0.1, 0.15) is 50.5 Å². The highest BCUT2D eigenvalue weighted by Gasteiger charge is 2.30. The number of aromatic nitrogens is 1. The van der Waals surface area contributed by atoms with E-state index in [0.717, 1.165) is 5.56 Å². The van der Waals surface area contributed by atoms with Crippen molar-refractivity contribution in [3.63, 3.8) is 0 Å². The maximum absolute atomic E-state index is 13.3. The van der Waals surface area contributed by atoms with Crippen LogP contribution in [0.3, 0.4) is 0 Å². The van der Waals surface area contributed by atoms with Gasteiger partial charge < -0.3 is 18.4 Å². The molecule has 0 N–H and O–H groups in total. The van der Waals surface area contributed by atoms with Crippen molar-refractivity contribution in [3.05, 3.63) is 45.7 Å². The Morgan fingerprint density at radius 2 is 1.75 bits per heavy atom. The summed E-state index contributed by atoms with van der Waals surface area (Å²) in [5.74, 6) is -0.714. The van der Waals surface area contributed by atoms with Crippen LogP contribution in [0.15, 0.2) is 29.2 Å². The van der Waals surface area contributed by atoms with Gasteiger partial charge in [0.2, 0.25) is 5.43 Å². The summed E-state index contributed by atoms with van der Waals surface area (Å²) in [4.78, 5) is 25.1. The van der Waals surface area contributed by atoms with Crippen LogP contribution < -0.4 is 5.43 Å². The number of esters is 1. The molecule has 0 aliphatic carbocycles. The van der Waals surface area contributed by atoms with E-state index in [1.807, 2.05) is 13.0 Å². The van der Waals surface area contributed by atoms with E-state index in [1.54, 1.807) is 51.3 Å². The lowest BCUT2D eigenvalue weighted by molar-refractivity contribution is 0.0523. The number of hydrogen-bond acceptors (Lipinski definition) is 6. The fraction of sp³-hybridized carbons (Fsp3) is 0.500. The van der Waals surface area contributed by atoms with Crippen molar-refractivity contribution >= 4 is 24.5 Å². The van der Waals surface area contributed by atoms with Gasteiger partial charge in [-0.1, -0.05) is 11.6 Å². The summed E-state index contributed by atoms with van der Waals surface area (Å²) < 4.78 is 31.2. The van der Waals surface area contributed by atoms with Crippen LogP contribution in [0.5, 0.6) is 0 Å². The molecule has 8 heteroatoms. The molecular formula is C20H28NO6P. The van der Waals surface area contributed by atoms with Crippen LogP contribution in [-0.2, 0) is 24.6 Å². The number of carbonyl (C=O) groups is 1. The third-order valence-electron chi connectivity index (χ3n) is 3.80. The minimum absolute atomic E-state index is 0.111. The average molecular weight is 409 g/mol. The Morgan fingerprint density at radius 1 is 1.14 bits per heavy atom. The number of rotatable bonds is 8. The summed E-state index contributed by atoms with van der Waals surface area (Å²) in [5, 5.41) is 0.353. The van der Waals surface area contributed by atoms with E-state index in [4.69, 9.17) is 13.8 Å². The monoisotopic (exact) mass is 409 g/mol. The van der Waals surface area contributed by atoms with Crippen molar-refractivity contribution in [3.8, 4) is 0 Å². The Labute approximate surface area is 165 Å². The largest absolute Gasteiger partial charge is 0.462 e. The number of hydrogen-bond donors (Lipinski definition) is 0. The van der Waals surface area contributed by atoms with E-state index in [0.29, 0.717) is 10.9 Å². The summed E-state index contributed by atoms with van der Waals surface area (Å²) in [6, 6.07) is 5.31. The van der Waals surface area contributed by atoms with E-state index >= 15 is 0 Å². The highest BCUT2D eigenvalue weighted by Crippen LogP contribution is 2.52. The van der Waals surface area contributed by atoms with E-state index in [2.05, 4.69) is 0 Å². The average Bonchev–Trinajstić information content (AvgIpc) is 2.55. The van der Waals surface area contributed by atoms with Crippen LogP contribution in [0.25, 0.3) is 10.9 Å². The molecule has 0 amide bonds. The molecular weight excluding hydrogens is 381 g/mol. The van der Waals surface area contributed by atoms with Crippen LogP contribution in [-0.4, -0.2) is 29.4 Å². The summed E-state index contributed by atoms with van der Waals surface area (Å²) >= 11 is 0. The second kappa shape index (κ2) is 9.03. The molecule has 1 heterocycles. The fourth-order valence-corrected chi connectivity index (χ4v) is 4.98. The van der Waals surface area contributed by atoms with Crippen LogP contribution >= 0.6 is 7.60 Å². The minimum atomic E-state index is -3.54. The molecule has 0 bridgehead atoms. The van der Waals surface area contributed by atoms with Gasteiger partial charge in [-0.15, -0.1) is 0 Å². The maximum atomic E-state index is 13.3. The van der Waals surface area contributed by atoms with Gasteiger partial charge in [-0.25, -0.2) is 4.79 Å². The molecule has 0 saturated carbocycles. The number of benzene rings is 1. The van der Waals surface area contributed by atoms with Gasteiger partial charge in [-0.2, -0.15) is 0 Å². The zero-order valence-corrected chi connectivity index (χ0v) is 18.1. The standard InChI is InChI=1S/C20H28NO6P/c1-7-25-20(23)17-11-21(12-28(24,26-13(2)3)27-14(4)5)18-9-8-15(6)10-16(18)19(17)22/h8-11,13-14H,7,12H2,1-6H3. The molecule has 1 aromatic carbocycles. The van der Waals surface area contributed by atoms with Crippen molar-refractivity contribution < 1.29 is 23.1 Å². The Morgan fingerprint density at radius 3 is 2.29 bits per heavy atom. The van der Waals surface area contributed by atoms with Gasteiger partial charge in [0.15, 0.2) is 0 Å². The van der Waals surface area contributed by atoms with Gasteiger partial charge in [0.05, 0.1) is 24.3 Å². The highest BCUT2D eigenvalue weighted by atomic mass is 31.2. The lowest BCUT2D eigenvalue weighted by atomic mass is 10.1. The Hall–Kier alpha value is -1.95. The number of pyridine rings is 1. The molecule has 154 valence electrons. The molecule has 2 aromatic rings. The van der Waals surface area contributed by atoms with Crippen LogP contribution in [0, 0.1) is 6.92 Å². The van der Waals surface area contributed by atoms with Crippen molar-refractivity contribution in [1.82, 2.24) is 4.57 Å². The van der Waals surface area contributed by atoms with Gasteiger partial charge in [0.1, 0.15) is 11.8 Å². The van der Waals surface area contributed by atoms with E-state index < -0.39 is 19.0 Å². The van der Waals surface area contributed by atoms with Gasteiger partial charge in [-0.05, 0) is 53.7 Å². The van der Waals surface area contributed by atoms with Crippen LogP contribution in [0.2, 0.25) is 0 Å². The topological polar surface area (TPSA) is 83.8 Å². The number of aryl methyl sites for hydroxylation is 1. The van der Waals surface area contributed by atoms with E-state index in [9.17, 15) is 14.2 Å². The summed E-state index contributed by atoms with van der Waals surface area (Å²) in [7, 11) is -3.54. The molecule has 0 radical (unpaired) electrons. The predicted molar refractivity (Wildman–Crippen MR) is 109 cm³/mol.